The second kappa shape index (κ2) is 8.46. The highest BCUT2D eigenvalue weighted by atomic mass is 32.2. The van der Waals surface area contributed by atoms with Gasteiger partial charge in [0, 0.05) is 5.69 Å². The van der Waals surface area contributed by atoms with Crippen molar-refractivity contribution in [1.82, 2.24) is 29.8 Å². The Labute approximate surface area is 183 Å². The molecule has 4 rings (SSSR count). The monoisotopic (exact) mass is 460 g/mol. The molecule has 0 fully saturated rings. The van der Waals surface area contributed by atoms with E-state index >= 15 is 0 Å². The van der Waals surface area contributed by atoms with E-state index in [1.807, 2.05) is 30.3 Å². The molecule has 2 aromatic carbocycles. The predicted octanol–water partition coefficient (Wildman–Crippen LogP) is 4.02. The summed E-state index contributed by atoms with van der Waals surface area (Å²) in [5.74, 6) is -1.13. The Bertz CT molecular complexity index is 1250. The third kappa shape index (κ3) is 4.21. The maximum atomic E-state index is 13.0. The molecule has 4 aromatic rings. The van der Waals surface area contributed by atoms with Gasteiger partial charge in [0.2, 0.25) is 0 Å². The van der Waals surface area contributed by atoms with Crippen molar-refractivity contribution >= 4 is 17.7 Å². The van der Waals surface area contributed by atoms with E-state index in [4.69, 9.17) is 5.11 Å². The van der Waals surface area contributed by atoms with Crippen molar-refractivity contribution in [3.8, 4) is 22.9 Å². The topological polar surface area (TPSA) is 98.7 Å². The van der Waals surface area contributed by atoms with Crippen LogP contribution in [0.15, 0.2) is 59.8 Å². The summed E-state index contributed by atoms with van der Waals surface area (Å²) in [6.45, 7) is 1.78. The molecule has 0 amide bonds. The summed E-state index contributed by atoms with van der Waals surface area (Å²) in [7, 11) is 0. The van der Waals surface area contributed by atoms with Gasteiger partial charge in [0.25, 0.3) is 0 Å². The van der Waals surface area contributed by atoms with E-state index in [0.29, 0.717) is 17.1 Å². The van der Waals surface area contributed by atoms with Crippen LogP contribution in [0.4, 0.5) is 13.2 Å². The molecule has 2 heterocycles. The zero-order valence-corrected chi connectivity index (χ0v) is 17.3. The fraction of sp³-hybridized carbons (Fsp3) is 0.150. The number of alkyl halides is 3. The van der Waals surface area contributed by atoms with Gasteiger partial charge in [-0.1, -0.05) is 35.2 Å². The van der Waals surface area contributed by atoms with Gasteiger partial charge in [-0.05, 0) is 43.3 Å². The molecule has 0 spiro atoms. The molecule has 1 N–H and O–H groups in total. The van der Waals surface area contributed by atoms with E-state index in [-0.39, 0.29) is 16.7 Å². The summed E-state index contributed by atoms with van der Waals surface area (Å²) in [5.41, 5.74) is 1.29. The number of hydrogen-bond donors (Lipinski definition) is 1. The lowest BCUT2D eigenvalue weighted by Crippen LogP contribution is -2.07. The standard InChI is InChI=1S/C20H15F3N6O2S/c1-12-17(24-27-29(12)15-5-3-2-4-6-15)18-25-26-19(32-11-16(30)31)28(18)14-9-7-13(8-10-14)20(21,22)23/h2-10H,11H2,1H3,(H,30,31). The van der Waals surface area contributed by atoms with Crippen molar-refractivity contribution < 1.29 is 23.1 Å². The Morgan fingerprint density at radius 2 is 1.69 bits per heavy atom. The van der Waals surface area contributed by atoms with Crippen LogP contribution >= 0.6 is 11.8 Å². The first kappa shape index (κ1) is 21.6. The second-order valence-electron chi connectivity index (χ2n) is 6.64. The molecule has 0 saturated heterocycles. The van der Waals surface area contributed by atoms with Crippen molar-refractivity contribution in [2.24, 2.45) is 0 Å². The lowest BCUT2D eigenvalue weighted by molar-refractivity contribution is -0.137. The zero-order chi connectivity index (χ0) is 22.9. The number of benzene rings is 2. The fourth-order valence-corrected chi connectivity index (χ4v) is 3.70. The minimum atomic E-state index is -4.48. The summed E-state index contributed by atoms with van der Waals surface area (Å²) in [6.07, 6.45) is -4.48. The van der Waals surface area contributed by atoms with Crippen LogP contribution in [-0.2, 0) is 11.0 Å². The zero-order valence-electron chi connectivity index (χ0n) is 16.5. The number of para-hydroxylation sites is 1. The minimum Gasteiger partial charge on any atom is -0.481 e. The van der Waals surface area contributed by atoms with Crippen LogP contribution in [-0.4, -0.2) is 46.6 Å². The van der Waals surface area contributed by atoms with Gasteiger partial charge in [0.1, 0.15) is 0 Å². The number of rotatable bonds is 6. The van der Waals surface area contributed by atoms with Crippen molar-refractivity contribution in [2.75, 3.05) is 5.75 Å². The Morgan fingerprint density at radius 1 is 1.00 bits per heavy atom. The summed E-state index contributed by atoms with van der Waals surface area (Å²) in [5, 5.41) is 25.8. The van der Waals surface area contributed by atoms with Crippen LogP contribution in [0, 0.1) is 6.92 Å². The van der Waals surface area contributed by atoms with Gasteiger partial charge in [-0.25, -0.2) is 4.68 Å². The molecular formula is C20H15F3N6O2S. The molecule has 12 heteroatoms. The molecule has 0 unspecified atom stereocenters. The number of nitrogens with zero attached hydrogens (tertiary/aromatic N) is 6. The lowest BCUT2D eigenvalue weighted by Gasteiger charge is -2.11. The maximum Gasteiger partial charge on any atom is 0.416 e. The number of carboxylic acid groups (broad SMARTS) is 1. The predicted molar refractivity (Wildman–Crippen MR) is 110 cm³/mol. The Hall–Kier alpha value is -3.67. The molecule has 2 aromatic heterocycles. The molecule has 0 aliphatic heterocycles. The van der Waals surface area contributed by atoms with Crippen LogP contribution in [0.5, 0.6) is 0 Å². The highest BCUT2D eigenvalue weighted by molar-refractivity contribution is 7.99. The van der Waals surface area contributed by atoms with Gasteiger partial charge in [0.05, 0.1) is 22.7 Å². The number of carbonyl (C=O) groups is 1. The highest BCUT2D eigenvalue weighted by Gasteiger charge is 2.30. The van der Waals surface area contributed by atoms with E-state index in [9.17, 15) is 18.0 Å². The van der Waals surface area contributed by atoms with Gasteiger partial charge in [-0.3, -0.25) is 9.36 Å². The smallest absolute Gasteiger partial charge is 0.416 e. The Morgan fingerprint density at radius 3 is 2.31 bits per heavy atom. The Kier molecular flexibility index (Phi) is 5.70. The molecule has 0 radical (unpaired) electrons. The number of aliphatic carboxylic acids is 1. The molecule has 0 aliphatic rings. The molecule has 8 nitrogen and oxygen atoms in total. The van der Waals surface area contributed by atoms with Gasteiger partial charge < -0.3 is 5.11 Å². The van der Waals surface area contributed by atoms with Gasteiger partial charge in [-0.2, -0.15) is 13.2 Å². The average Bonchev–Trinajstić information content (AvgIpc) is 3.35. The average molecular weight is 460 g/mol. The summed E-state index contributed by atoms with van der Waals surface area (Å²) in [6, 6.07) is 13.7. The van der Waals surface area contributed by atoms with E-state index in [1.54, 1.807) is 11.6 Å². The first-order chi connectivity index (χ1) is 15.3. The van der Waals surface area contributed by atoms with Gasteiger partial charge >= 0.3 is 12.1 Å². The number of carboxylic acids is 1. The molecule has 0 atom stereocenters. The summed E-state index contributed by atoms with van der Waals surface area (Å²) >= 11 is 0.897. The summed E-state index contributed by atoms with van der Waals surface area (Å²) < 4.78 is 42.0. The highest BCUT2D eigenvalue weighted by Crippen LogP contribution is 2.32. The largest absolute Gasteiger partial charge is 0.481 e. The number of thioether (sulfide) groups is 1. The third-order valence-corrected chi connectivity index (χ3v) is 5.43. The van der Waals surface area contributed by atoms with Gasteiger partial charge in [-0.15, -0.1) is 15.3 Å². The normalized spacial score (nSPS) is 11.6. The number of hydrogen-bond acceptors (Lipinski definition) is 6. The van der Waals surface area contributed by atoms with E-state index in [1.165, 1.54) is 16.7 Å². The number of aromatic nitrogens is 6. The molecule has 0 bridgehead atoms. The molecule has 0 aliphatic carbocycles. The lowest BCUT2D eigenvalue weighted by atomic mass is 10.2. The van der Waals surface area contributed by atoms with Crippen LogP contribution in [0.1, 0.15) is 11.3 Å². The van der Waals surface area contributed by atoms with Crippen molar-refractivity contribution in [3.63, 3.8) is 0 Å². The van der Waals surface area contributed by atoms with Crippen LogP contribution in [0.25, 0.3) is 22.9 Å². The van der Waals surface area contributed by atoms with E-state index < -0.39 is 17.7 Å². The number of halogens is 3. The maximum absolute atomic E-state index is 13.0. The summed E-state index contributed by atoms with van der Waals surface area (Å²) in [4.78, 5) is 11.0. The fourth-order valence-electron chi connectivity index (χ4n) is 3.03. The van der Waals surface area contributed by atoms with Crippen LogP contribution in [0.3, 0.4) is 0 Å². The molecular weight excluding hydrogens is 445 g/mol. The van der Waals surface area contributed by atoms with Crippen molar-refractivity contribution in [2.45, 2.75) is 18.3 Å². The van der Waals surface area contributed by atoms with Crippen molar-refractivity contribution in [1.29, 1.82) is 0 Å². The molecule has 0 saturated carbocycles. The Balaban J connectivity index is 1.82. The minimum absolute atomic E-state index is 0.204. The van der Waals surface area contributed by atoms with E-state index in [0.717, 1.165) is 29.6 Å². The van der Waals surface area contributed by atoms with E-state index in [2.05, 4.69) is 20.5 Å². The van der Waals surface area contributed by atoms with Gasteiger partial charge in [0.15, 0.2) is 16.7 Å². The second-order valence-corrected chi connectivity index (χ2v) is 7.58. The quantitative estimate of drug-likeness (QED) is 0.434. The molecule has 164 valence electrons. The first-order valence-corrected chi connectivity index (χ1v) is 10.2. The van der Waals surface area contributed by atoms with Crippen LogP contribution in [0.2, 0.25) is 0 Å². The first-order valence-electron chi connectivity index (χ1n) is 9.21. The SMILES string of the molecule is Cc1c(-c2nnc(SCC(=O)O)n2-c2ccc(C(F)(F)F)cc2)nnn1-c1ccccc1. The van der Waals surface area contributed by atoms with Crippen molar-refractivity contribution in [3.05, 3.63) is 65.9 Å². The molecule has 32 heavy (non-hydrogen) atoms. The van der Waals surface area contributed by atoms with Crippen LogP contribution < -0.4 is 0 Å². The third-order valence-electron chi connectivity index (χ3n) is 4.52.